The number of nitrogens with one attached hydrogen (secondary N) is 2. The van der Waals surface area contributed by atoms with Gasteiger partial charge in [0.15, 0.2) is 0 Å². The van der Waals surface area contributed by atoms with Crippen LogP contribution in [0.1, 0.15) is 20.3 Å². The highest BCUT2D eigenvalue weighted by atomic mass is 32.2. The molecule has 0 spiro atoms. The minimum absolute atomic E-state index is 0.0393. The van der Waals surface area contributed by atoms with Gasteiger partial charge in [-0.25, -0.2) is 4.39 Å². The molecule has 1 amide bonds. The number of rotatable bonds is 5. The van der Waals surface area contributed by atoms with Crippen molar-refractivity contribution in [2.75, 3.05) is 23.4 Å². The summed E-state index contributed by atoms with van der Waals surface area (Å²) in [5.74, 6) is 1.97. The molecule has 0 saturated carbocycles. The molecule has 1 saturated heterocycles. The summed E-state index contributed by atoms with van der Waals surface area (Å²) in [5, 5.41) is 6.06. The van der Waals surface area contributed by atoms with Gasteiger partial charge in [-0.3, -0.25) is 4.79 Å². The number of carbonyl (C=O) groups is 1. The third-order valence-electron chi connectivity index (χ3n) is 3.01. The van der Waals surface area contributed by atoms with E-state index in [4.69, 9.17) is 4.74 Å². The van der Waals surface area contributed by atoms with Crippen LogP contribution in [-0.2, 0) is 4.79 Å². The molecule has 6 heteroatoms. The minimum atomic E-state index is -0.396. The molecular weight excluding hydrogens is 291 g/mol. The van der Waals surface area contributed by atoms with E-state index in [1.807, 2.05) is 25.6 Å². The smallest absolute Gasteiger partial charge is 0.226 e. The summed E-state index contributed by atoms with van der Waals surface area (Å²) in [7, 11) is 0. The van der Waals surface area contributed by atoms with E-state index in [9.17, 15) is 9.18 Å². The van der Waals surface area contributed by atoms with Crippen molar-refractivity contribution in [1.29, 1.82) is 0 Å². The van der Waals surface area contributed by atoms with Gasteiger partial charge in [0.1, 0.15) is 11.6 Å². The van der Waals surface area contributed by atoms with Gasteiger partial charge in [-0.15, -0.1) is 0 Å². The van der Waals surface area contributed by atoms with E-state index in [-0.39, 0.29) is 18.1 Å². The van der Waals surface area contributed by atoms with Crippen LogP contribution in [0.25, 0.3) is 0 Å². The van der Waals surface area contributed by atoms with Gasteiger partial charge >= 0.3 is 0 Å². The molecule has 1 fully saturated rings. The molecule has 0 aromatic heterocycles. The monoisotopic (exact) mass is 312 g/mol. The van der Waals surface area contributed by atoms with E-state index in [1.165, 1.54) is 12.1 Å². The molecule has 116 valence electrons. The molecule has 4 nitrogen and oxygen atoms in total. The van der Waals surface area contributed by atoms with Crippen molar-refractivity contribution >= 4 is 23.4 Å². The van der Waals surface area contributed by atoms with Crippen molar-refractivity contribution < 1.29 is 13.9 Å². The second kappa shape index (κ2) is 7.66. The summed E-state index contributed by atoms with van der Waals surface area (Å²) in [6.07, 6.45) is 0.340. The van der Waals surface area contributed by atoms with Gasteiger partial charge in [-0.05, 0) is 26.0 Å². The Labute approximate surface area is 128 Å². The number of ether oxygens (including phenoxy) is 1. The average molecular weight is 312 g/mol. The zero-order valence-electron chi connectivity index (χ0n) is 12.3. The SMILES string of the molecule is CC(C)Oc1ccc(F)cc1NC(=O)CC1CSCCN1. The zero-order chi connectivity index (χ0) is 15.2. The maximum absolute atomic E-state index is 13.4. The largest absolute Gasteiger partial charge is 0.489 e. The summed E-state index contributed by atoms with van der Waals surface area (Å²) in [5.41, 5.74) is 0.386. The Morgan fingerprint density at radius 1 is 1.57 bits per heavy atom. The van der Waals surface area contributed by atoms with Crippen LogP contribution in [0.4, 0.5) is 10.1 Å². The minimum Gasteiger partial charge on any atom is -0.489 e. The quantitative estimate of drug-likeness (QED) is 0.877. The highest BCUT2D eigenvalue weighted by Gasteiger charge is 2.18. The maximum Gasteiger partial charge on any atom is 0.226 e. The van der Waals surface area contributed by atoms with Crippen LogP contribution in [0.3, 0.4) is 0 Å². The molecule has 1 heterocycles. The number of hydrogen-bond acceptors (Lipinski definition) is 4. The van der Waals surface area contributed by atoms with Crippen LogP contribution in [0, 0.1) is 5.82 Å². The molecule has 2 rings (SSSR count). The molecule has 2 N–H and O–H groups in total. The Morgan fingerprint density at radius 3 is 3.05 bits per heavy atom. The van der Waals surface area contributed by atoms with Crippen LogP contribution in [0.15, 0.2) is 18.2 Å². The highest BCUT2D eigenvalue weighted by Crippen LogP contribution is 2.26. The Kier molecular flexibility index (Phi) is 5.87. The van der Waals surface area contributed by atoms with Gasteiger partial charge in [-0.2, -0.15) is 11.8 Å². The predicted octanol–water partition coefficient (Wildman–Crippen LogP) is 2.65. The number of thioether (sulfide) groups is 1. The maximum atomic E-state index is 13.4. The van der Waals surface area contributed by atoms with Gasteiger partial charge < -0.3 is 15.4 Å². The second-order valence-electron chi connectivity index (χ2n) is 5.29. The predicted molar refractivity (Wildman–Crippen MR) is 84.5 cm³/mol. The zero-order valence-corrected chi connectivity index (χ0v) is 13.1. The van der Waals surface area contributed by atoms with Crippen molar-refractivity contribution in [2.24, 2.45) is 0 Å². The van der Waals surface area contributed by atoms with Crippen molar-refractivity contribution in [2.45, 2.75) is 32.4 Å². The fourth-order valence-electron chi connectivity index (χ4n) is 2.13. The van der Waals surface area contributed by atoms with Crippen molar-refractivity contribution in [3.8, 4) is 5.75 Å². The highest BCUT2D eigenvalue weighted by molar-refractivity contribution is 7.99. The van der Waals surface area contributed by atoms with Crippen molar-refractivity contribution in [3.05, 3.63) is 24.0 Å². The van der Waals surface area contributed by atoms with Crippen LogP contribution < -0.4 is 15.4 Å². The number of amides is 1. The van der Waals surface area contributed by atoms with Crippen LogP contribution in [0.2, 0.25) is 0 Å². The van der Waals surface area contributed by atoms with E-state index in [0.717, 1.165) is 18.1 Å². The standard InChI is InChI=1S/C15H21FN2O2S/c1-10(2)20-14-4-3-11(16)7-13(14)18-15(19)8-12-9-21-6-5-17-12/h3-4,7,10,12,17H,5-6,8-9H2,1-2H3,(H,18,19). The summed E-state index contributed by atoms with van der Waals surface area (Å²) >= 11 is 1.84. The van der Waals surface area contributed by atoms with E-state index in [0.29, 0.717) is 17.9 Å². The van der Waals surface area contributed by atoms with Gasteiger partial charge in [0.25, 0.3) is 0 Å². The van der Waals surface area contributed by atoms with Crippen LogP contribution in [0.5, 0.6) is 5.75 Å². The first-order chi connectivity index (χ1) is 10.0. The molecule has 0 aliphatic carbocycles. The topological polar surface area (TPSA) is 50.4 Å². The summed E-state index contributed by atoms with van der Waals surface area (Å²) < 4.78 is 19.0. The lowest BCUT2D eigenvalue weighted by Gasteiger charge is -2.23. The van der Waals surface area contributed by atoms with Crippen LogP contribution in [-0.4, -0.2) is 36.1 Å². The lowest BCUT2D eigenvalue weighted by molar-refractivity contribution is -0.116. The number of hydrogen-bond donors (Lipinski definition) is 2. The number of halogens is 1. The molecule has 0 radical (unpaired) electrons. The van der Waals surface area contributed by atoms with E-state index in [1.54, 1.807) is 6.07 Å². The molecule has 0 bridgehead atoms. The summed E-state index contributed by atoms with van der Waals surface area (Å²) in [6.45, 7) is 4.69. The molecule has 1 aromatic rings. The van der Waals surface area contributed by atoms with Crippen molar-refractivity contribution in [3.63, 3.8) is 0 Å². The van der Waals surface area contributed by atoms with Gasteiger partial charge in [0, 0.05) is 36.6 Å². The molecule has 1 unspecified atom stereocenters. The molecule has 21 heavy (non-hydrogen) atoms. The normalized spacial score (nSPS) is 18.6. The molecule has 1 aliphatic rings. The van der Waals surface area contributed by atoms with Gasteiger partial charge in [-0.1, -0.05) is 0 Å². The lowest BCUT2D eigenvalue weighted by Crippen LogP contribution is -2.39. The Bertz CT molecular complexity index is 491. The number of benzene rings is 1. The average Bonchev–Trinajstić information content (AvgIpc) is 2.42. The lowest BCUT2D eigenvalue weighted by atomic mass is 10.2. The van der Waals surface area contributed by atoms with Gasteiger partial charge in [0.05, 0.1) is 11.8 Å². The Balaban J connectivity index is 1.99. The first-order valence-electron chi connectivity index (χ1n) is 7.12. The number of anilines is 1. The fourth-order valence-corrected chi connectivity index (χ4v) is 3.08. The first kappa shape index (κ1) is 16.1. The molecule has 1 aromatic carbocycles. The van der Waals surface area contributed by atoms with Gasteiger partial charge in [0.2, 0.25) is 5.91 Å². The summed E-state index contributed by atoms with van der Waals surface area (Å²) in [4.78, 5) is 12.1. The molecular formula is C15H21FN2O2S. The molecule has 1 aliphatic heterocycles. The first-order valence-corrected chi connectivity index (χ1v) is 8.27. The number of carbonyl (C=O) groups excluding carboxylic acids is 1. The Hall–Kier alpha value is -1.27. The molecule has 1 atom stereocenters. The third kappa shape index (κ3) is 5.21. The van der Waals surface area contributed by atoms with E-state index in [2.05, 4.69) is 10.6 Å². The van der Waals surface area contributed by atoms with Crippen LogP contribution >= 0.6 is 11.8 Å². The Morgan fingerprint density at radius 2 is 2.38 bits per heavy atom. The van der Waals surface area contributed by atoms with E-state index < -0.39 is 5.82 Å². The fraction of sp³-hybridized carbons (Fsp3) is 0.533. The third-order valence-corrected chi connectivity index (χ3v) is 4.14. The summed E-state index contributed by atoms with van der Waals surface area (Å²) in [6, 6.07) is 4.33. The second-order valence-corrected chi connectivity index (χ2v) is 6.44. The van der Waals surface area contributed by atoms with E-state index >= 15 is 0 Å². The van der Waals surface area contributed by atoms with Crippen molar-refractivity contribution in [1.82, 2.24) is 5.32 Å².